The molecule has 1 N–H and O–H groups in total. The first-order chi connectivity index (χ1) is 7.77. The predicted molar refractivity (Wildman–Crippen MR) is 44.8 cm³/mol. The molecule has 0 radical (unpaired) electrons. The first kappa shape index (κ1) is 20.8. The van der Waals surface area contributed by atoms with Crippen LogP contribution in [-0.4, -0.2) is 30.5 Å². The van der Waals surface area contributed by atoms with Crippen LogP contribution in [0.25, 0.3) is 0 Å². The van der Waals surface area contributed by atoms with Crippen molar-refractivity contribution in [3.63, 3.8) is 0 Å². The fraction of sp³-hybridized carbons (Fsp3) is 0.750. The zero-order valence-corrected chi connectivity index (χ0v) is 9.41. The van der Waals surface area contributed by atoms with Crippen LogP contribution < -0.4 is 20.4 Å². The molecule has 0 spiro atoms. The van der Waals surface area contributed by atoms with Gasteiger partial charge in [-0.2, -0.15) is 0 Å². The van der Waals surface area contributed by atoms with Crippen LogP contribution in [0.15, 0.2) is 0 Å². The normalized spacial score (nSPS) is 10.1. The standard InChI is InChI=1S/C6H14O3.2CH2O3/c1-3-4-5-8-6(2)9-7;2*2-1(3)4/h6-7H,3-5H2,1-2H3;2*(H2,2,3,4)/p-4. The molecule has 17 heavy (non-hydrogen) atoms. The second-order valence-corrected chi connectivity index (χ2v) is 2.40. The number of ether oxygens (including phenoxy) is 1. The highest BCUT2D eigenvalue weighted by Crippen LogP contribution is 1.93. The van der Waals surface area contributed by atoms with E-state index >= 15 is 0 Å². The average Bonchev–Trinajstić information content (AvgIpc) is 2.16. The van der Waals surface area contributed by atoms with Crippen LogP contribution in [0.1, 0.15) is 26.7 Å². The molecule has 0 aliphatic carbocycles. The second-order valence-electron chi connectivity index (χ2n) is 2.40. The van der Waals surface area contributed by atoms with Crippen molar-refractivity contribution in [1.29, 1.82) is 0 Å². The highest BCUT2D eigenvalue weighted by atomic mass is 17.1. The lowest BCUT2D eigenvalue weighted by atomic mass is 10.4. The van der Waals surface area contributed by atoms with Gasteiger partial charge in [0.2, 0.25) is 0 Å². The monoisotopic (exact) mass is 254 g/mol. The quantitative estimate of drug-likeness (QED) is 0.229. The molecule has 0 amide bonds. The fourth-order valence-electron chi connectivity index (χ4n) is 0.424. The van der Waals surface area contributed by atoms with Gasteiger partial charge in [-0.1, -0.05) is 13.3 Å². The first-order valence-electron chi connectivity index (χ1n) is 4.45. The van der Waals surface area contributed by atoms with E-state index in [4.69, 9.17) is 40.0 Å². The Morgan fingerprint density at radius 2 is 1.53 bits per heavy atom. The summed E-state index contributed by atoms with van der Waals surface area (Å²) in [7, 11) is 0. The molecule has 9 heteroatoms. The van der Waals surface area contributed by atoms with Gasteiger partial charge in [-0.15, -0.1) is 0 Å². The molecule has 0 heterocycles. The number of carbonyl (C=O) groups excluding carboxylic acids is 2. The van der Waals surface area contributed by atoms with Crippen molar-refractivity contribution in [2.24, 2.45) is 0 Å². The van der Waals surface area contributed by atoms with Gasteiger partial charge in [0, 0.05) is 6.61 Å². The third-order valence-electron chi connectivity index (χ3n) is 0.999. The van der Waals surface area contributed by atoms with Gasteiger partial charge in [0.25, 0.3) is 0 Å². The first-order valence-corrected chi connectivity index (χ1v) is 4.45. The van der Waals surface area contributed by atoms with Crippen LogP contribution in [0.4, 0.5) is 9.59 Å². The number of hydrogen-bond acceptors (Lipinski definition) is 9. The lowest BCUT2D eigenvalue weighted by molar-refractivity contribution is -0.417. The van der Waals surface area contributed by atoms with Crippen molar-refractivity contribution in [2.75, 3.05) is 6.61 Å². The zero-order chi connectivity index (χ0) is 14.3. The van der Waals surface area contributed by atoms with Crippen molar-refractivity contribution in [3.05, 3.63) is 0 Å². The van der Waals surface area contributed by atoms with E-state index in [-0.39, 0.29) is 0 Å². The minimum absolute atomic E-state index is 0.489. The molecule has 0 bridgehead atoms. The largest absolute Gasteiger partial charge is 0.652 e. The van der Waals surface area contributed by atoms with Gasteiger partial charge in [-0.25, -0.2) is 10.1 Å². The van der Waals surface area contributed by atoms with E-state index in [9.17, 15) is 0 Å². The summed E-state index contributed by atoms with van der Waals surface area (Å²) in [6, 6.07) is 0. The SMILES string of the molecule is CCCCOC(C)OO.O=C([O-])[O-].O=C([O-])[O-]. The Balaban J connectivity index is -0.000000205. The number of unbranched alkanes of at least 4 members (excludes halogenated alkanes) is 1. The lowest BCUT2D eigenvalue weighted by Gasteiger charge is -2.07. The minimum atomic E-state index is -2.33. The summed E-state index contributed by atoms with van der Waals surface area (Å²) in [5, 5.41) is 41.3. The Kier molecular flexibility index (Phi) is 20.6. The Bertz CT molecular complexity index is 162. The van der Waals surface area contributed by atoms with Crippen LogP contribution in [0.5, 0.6) is 0 Å². The van der Waals surface area contributed by atoms with Gasteiger partial charge in [-0.05, 0) is 25.7 Å². The van der Waals surface area contributed by atoms with E-state index in [1.165, 1.54) is 0 Å². The summed E-state index contributed by atoms with van der Waals surface area (Å²) >= 11 is 0. The van der Waals surface area contributed by atoms with Crippen molar-refractivity contribution < 1.29 is 44.9 Å². The molecule has 0 rings (SSSR count). The summed E-state index contributed by atoms with van der Waals surface area (Å²) in [6.45, 7) is 4.38. The number of hydrogen-bond donors (Lipinski definition) is 1. The maximum absolute atomic E-state index is 8.33. The Morgan fingerprint density at radius 3 is 1.76 bits per heavy atom. The predicted octanol–water partition coefficient (Wildman–Crippen LogP) is -3.26. The Hall–Kier alpha value is -1.58. The van der Waals surface area contributed by atoms with E-state index in [1.807, 2.05) is 0 Å². The van der Waals surface area contributed by atoms with E-state index in [0.29, 0.717) is 6.61 Å². The summed E-state index contributed by atoms with van der Waals surface area (Å²) in [5.41, 5.74) is 0. The van der Waals surface area contributed by atoms with E-state index in [0.717, 1.165) is 12.8 Å². The second kappa shape index (κ2) is 16.8. The molecule has 0 fully saturated rings. The smallest absolute Gasteiger partial charge is 0.188 e. The molecule has 1 atom stereocenters. The molecule has 1 unspecified atom stereocenters. The third kappa shape index (κ3) is 75.7. The Labute approximate surface area is 97.8 Å². The molecule has 9 nitrogen and oxygen atoms in total. The van der Waals surface area contributed by atoms with Crippen molar-refractivity contribution in [2.45, 2.75) is 33.0 Å². The molecule has 0 aliphatic heterocycles. The highest BCUT2D eigenvalue weighted by molar-refractivity contribution is 5.47. The number of rotatable bonds is 5. The molecule has 0 aromatic rings. The number of carboxylic acid groups (broad SMARTS) is 4. The number of carbonyl (C=O) groups is 2. The maximum Gasteiger partial charge on any atom is 0.188 e. The molecular formula is C8H14O9-4. The molecular weight excluding hydrogens is 240 g/mol. The molecule has 0 aromatic heterocycles. The van der Waals surface area contributed by atoms with Gasteiger partial charge in [-0.3, -0.25) is 0 Å². The van der Waals surface area contributed by atoms with Crippen LogP contribution in [0.3, 0.4) is 0 Å². The average molecular weight is 254 g/mol. The maximum atomic E-state index is 8.33. The van der Waals surface area contributed by atoms with Gasteiger partial charge in [0.1, 0.15) is 0 Å². The molecule has 0 saturated carbocycles. The van der Waals surface area contributed by atoms with E-state index in [2.05, 4.69) is 11.8 Å². The van der Waals surface area contributed by atoms with E-state index < -0.39 is 18.6 Å². The van der Waals surface area contributed by atoms with Gasteiger partial charge in [0.15, 0.2) is 6.29 Å². The van der Waals surface area contributed by atoms with E-state index in [1.54, 1.807) is 6.92 Å². The molecule has 0 aromatic carbocycles. The van der Waals surface area contributed by atoms with Crippen LogP contribution in [0.2, 0.25) is 0 Å². The molecule has 0 saturated heterocycles. The summed E-state index contributed by atoms with van der Waals surface area (Å²) in [4.78, 5) is 20.5. The zero-order valence-electron chi connectivity index (χ0n) is 9.41. The third-order valence-corrected chi connectivity index (χ3v) is 0.999. The van der Waals surface area contributed by atoms with Gasteiger partial charge >= 0.3 is 0 Å². The van der Waals surface area contributed by atoms with Crippen LogP contribution in [0, 0.1) is 0 Å². The topological polar surface area (TPSA) is 165 Å². The van der Waals surface area contributed by atoms with Gasteiger partial charge < -0.3 is 34.8 Å². The molecule has 0 aliphatic rings. The van der Waals surface area contributed by atoms with Crippen LogP contribution >= 0.6 is 0 Å². The fourth-order valence-corrected chi connectivity index (χ4v) is 0.424. The Morgan fingerprint density at radius 1 is 1.18 bits per heavy atom. The lowest BCUT2D eigenvalue weighted by Crippen LogP contribution is -2.37. The highest BCUT2D eigenvalue weighted by Gasteiger charge is 1.97. The van der Waals surface area contributed by atoms with Crippen molar-refractivity contribution in [1.82, 2.24) is 0 Å². The summed E-state index contributed by atoms with van der Waals surface area (Å²) in [6.07, 6.45) is -3.05. The minimum Gasteiger partial charge on any atom is -0.652 e. The van der Waals surface area contributed by atoms with Crippen molar-refractivity contribution >= 4 is 12.3 Å². The van der Waals surface area contributed by atoms with Gasteiger partial charge in [0.05, 0.1) is 0 Å². The van der Waals surface area contributed by atoms with Crippen LogP contribution in [-0.2, 0) is 9.62 Å². The van der Waals surface area contributed by atoms with Crippen molar-refractivity contribution in [3.8, 4) is 0 Å². The summed E-state index contributed by atoms with van der Waals surface area (Å²) in [5.74, 6) is 0. The molecule has 104 valence electrons. The summed E-state index contributed by atoms with van der Waals surface area (Å²) < 4.78 is 4.96.